The molecule has 1 saturated carbocycles. The second kappa shape index (κ2) is 9.62. The Labute approximate surface area is 196 Å². The second-order valence-corrected chi connectivity index (χ2v) is 10.2. The van der Waals surface area contributed by atoms with Crippen molar-refractivity contribution in [3.05, 3.63) is 70.5 Å². The third-order valence-corrected chi connectivity index (χ3v) is 7.40. The van der Waals surface area contributed by atoms with E-state index >= 15 is 0 Å². The fourth-order valence-electron chi connectivity index (χ4n) is 3.48. The van der Waals surface area contributed by atoms with Crippen LogP contribution in [0.1, 0.15) is 28.8 Å². The highest BCUT2D eigenvalue weighted by Crippen LogP contribution is 2.23. The largest absolute Gasteiger partial charge is 0.336 e. The van der Waals surface area contributed by atoms with Crippen molar-refractivity contribution in [3.63, 3.8) is 0 Å². The summed E-state index contributed by atoms with van der Waals surface area (Å²) in [6.45, 7) is 1.40. The Balaban J connectivity index is 1.31. The zero-order chi connectivity index (χ0) is 23.6. The maximum absolute atomic E-state index is 13.2. The van der Waals surface area contributed by atoms with Gasteiger partial charge in [-0.05, 0) is 54.8 Å². The summed E-state index contributed by atoms with van der Waals surface area (Å²) in [5, 5.41) is 0.0589. The molecule has 174 valence electrons. The molecule has 0 radical (unpaired) electrons. The minimum absolute atomic E-state index is 0.0376. The van der Waals surface area contributed by atoms with Crippen LogP contribution in [0, 0.1) is 5.82 Å². The average molecular weight is 492 g/mol. The predicted molar refractivity (Wildman–Crippen MR) is 123 cm³/mol. The van der Waals surface area contributed by atoms with E-state index < -0.39 is 15.8 Å². The normalized spacial score (nSPS) is 16.9. The van der Waals surface area contributed by atoms with Gasteiger partial charge in [-0.2, -0.15) is 0 Å². The molecule has 33 heavy (non-hydrogen) atoms. The zero-order valence-electron chi connectivity index (χ0n) is 17.7. The molecule has 1 saturated heterocycles. The number of amides is 2. The first-order valence-corrected chi connectivity index (χ1v) is 12.4. The number of hydrogen-bond acceptors (Lipinski definition) is 4. The highest BCUT2D eigenvalue weighted by molar-refractivity contribution is 7.89. The van der Waals surface area contributed by atoms with E-state index in [2.05, 4.69) is 4.72 Å². The summed E-state index contributed by atoms with van der Waals surface area (Å²) in [4.78, 5) is 28.6. The van der Waals surface area contributed by atoms with Crippen molar-refractivity contribution in [2.75, 3.05) is 26.2 Å². The minimum Gasteiger partial charge on any atom is -0.336 e. The molecular weight excluding hydrogens is 469 g/mol. The molecule has 1 aliphatic heterocycles. The minimum atomic E-state index is -3.51. The summed E-state index contributed by atoms with van der Waals surface area (Å²) in [7, 11) is -3.51. The van der Waals surface area contributed by atoms with E-state index in [1.54, 1.807) is 28.0 Å². The lowest BCUT2D eigenvalue weighted by molar-refractivity contribution is -0.127. The summed E-state index contributed by atoms with van der Waals surface area (Å²) in [6.07, 6.45) is 4.79. The Hall–Kier alpha value is -2.75. The number of nitrogens with one attached hydrogen (secondary N) is 1. The predicted octanol–water partition coefficient (Wildman–Crippen LogP) is 2.92. The average Bonchev–Trinajstić information content (AvgIpc) is 3.61. The zero-order valence-corrected chi connectivity index (χ0v) is 19.3. The Morgan fingerprint density at radius 3 is 2.24 bits per heavy atom. The molecule has 1 aliphatic carbocycles. The van der Waals surface area contributed by atoms with Gasteiger partial charge in [0.15, 0.2) is 0 Å². The number of carbonyl (C=O) groups excluding carboxylic acids is 2. The van der Waals surface area contributed by atoms with Gasteiger partial charge < -0.3 is 9.80 Å². The van der Waals surface area contributed by atoms with Crippen molar-refractivity contribution in [1.82, 2.24) is 14.5 Å². The van der Waals surface area contributed by atoms with Crippen molar-refractivity contribution >= 4 is 39.5 Å². The van der Waals surface area contributed by atoms with Crippen LogP contribution < -0.4 is 4.72 Å². The molecule has 2 aromatic rings. The third kappa shape index (κ3) is 5.79. The molecule has 1 heterocycles. The third-order valence-electron chi connectivity index (χ3n) is 5.55. The van der Waals surface area contributed by atoms with Crippen LogP contribution in [0.2, 0.25) is 5.02 Å². The first kappa shape index (κ1) is 23.4. The van der Waals surface area contributed by atoms with Gasteiger partial charge in [-0.15, -0.1) is 0 Å². The Morgan fingerprint density at radius 2 is 1.64 bits per heavy atom. The standard InChI is InChI=1S/C23H23ClFN3O4S/c24-21-15-17(25)4-9-20(21)23(30)28-13-11-27(12-14-28)22(29)10-3-16-1-7-19(8-2-16)33(31,32)26-18-5-6-18/h1-4,7-10,15,18,26H,5-6,11-14H2/b10-3+. The Morgan fingerprint density at radius 1 is 1.00 bits per heavy atom. The molecule has 7 nitrogen and oxygen atoms in total. The molecular formula is C23H23ClFN3O4S. The van der Waals surface area contributed by atoms with Gasteiger partial charge in [-0.3, -0.25) is 9.59 Å². The van der Waals surface area contributed by atoms with Gasteiger partial charge >= 0.3 is 0 Å². The van der Waals surface area contributed by atoms with Crippen LogP contribution in [0.3, 0.4) is 0 Å². The number of sulfonamides is 1. The van der Waals surface area contributed by atoms with Crippen molar-refractivity contribution in [1.29, 1.82) is 0 Å². The Kier molecular flexibility index (Phi) is 6.83. The smallest absolute Gasteiger partial charge is 0.255 e. The van der Waals surface area contributed by atoms with Crippen LogP contribution >= 0.6 is 11.6 Å². The highest BCUT2D eigenvalue weighted by Gasteiger charge is 2.28. The fraction of sp³-hybridized carbons (Fsp3) is 0.304. The number of hydrogen-bond donors (Lipinski definition) is 1. The molecule has 0 unspecified atom stereocenters. The number of halogens is 2. The molecule has 2 aliphatic rings. The van der Waals surface area contributed by atoms with Crippen molar-refractivity contribution in [2.24, 2.45) is 0 Å². The molecule has 0 spiro atoms. The van der Waals surface area contributed by atoms with Crippen molar-refractivity contribution < 1.29 is 22.4 Å². The molecule has 0 aromatic heterocycles. The maximum Gasteiger partial charge on any atom is 0.255 e. The van der Waals surface area contributed by atoms with Crippen molar-refractivity contribution in [3.8, 4) is 0 Å². The van der Waals surface area contributed by atoms with Gasteiger partial charge in [0.25, 0.3) is 5.91 Å². The quantitative estimate of drug-likeness (QED) is 0.629. The van der Waals surface area contributed by atoms with E-state index in [4.69, 9.17) is 11.6 Å². The number of nitrogens with zero attached hydrogens (tertiary/aromatic N) is 2. The first-order chi connectivity index (χ1) is 15.7. The van der Waals surface area contributed by atoms with E-state index in [0.29, 0.717) is 31.7 Å². The van der Waals surface area contributed by atoms with Crippen LogP contribution in [0.5, 0.6) is 0 Å². The summed E-state index contributed by atoms with van der Waals surface area (Å²) in [5.74, 6) is -1.01. The molecule has 4 rings (SSSR count). The van der Waals surface area contributed by atoms with Gasteiger partial charge in [0.05, 0.1) is 15.5 Å². The van der Waals surface area contributed by atoms with Crippen LogP contribution in [0.4, 0.5) is 4.39 Å². The molecule has 2 amide bonds. The van der Waals surface area contributed by atoms with E-state index in [1.807, 2.05) is 0 Å². The molecule has 2 aromatic carbocycles. The SMILES string of the molecule is O=C(/C=C/c1ccc(S(=O)(=O)NC2CC2)cc1)N1CCN(C(=O)c2ccc(F)cc2Cl)CC1. The van der Waals surface area contributed by atoms with Crippen LogP contribution in [-0.2, 0) is 14.8 Å². The molecule has 10 heteroatoms. The first-order valence-electron chi connectivity index (χ1n) is 10.6. The Bertz CT molecular complexity index is 1190. The summed E-state index contributed by atoms with van der Waals surface area (Å²) in [5.41, 5.74) is 0.934. The molecule has 0 bridgehead atoms. The summed E-state index contributed by atoms with van der Waals surface area (Å²) in [6, 6.07) is 10.0. The molecule has 2 fully saturated rings. The number of carbonyl (C=O) groups is 2. The topological polar surface area (TPSA) is 86.8 Å². The number of piperazine rings is 1. The summed E-state index contributed by atoms with van der Waals surface area (Å²) >= 11 is 5.98. The van der Waals surface area contributed by atoms with Gasteiger partial charge in [-0.1, -0.05) is 23.7 Å². The van der Waals surface area contributed by atoms with Gasteiger partial charge in [0.1, 0.15) is 5.82 Å². The highest BCUT2D eigenvalue weighted by atomic mass is 35.5. The van der Waals surface area contributed by atoms with E-state index in [9.17, 15) is 22.4 Å². The van der Waals surface area contributed by atoms with E-state index in [1.165, 1.54) is 30.3 Å². The molecule has 1 N–H and O–H groups in total. The van der Waals surface area contributed by atoms with Gasteiger partial charge in [0.2, 0.25) is 15.9 Å². The van der Waals surface area contributed by atoms with Crippen LogP contribution in [0.15, 0.2) is 53.4 Å². The summed E-state index contributed by atoms with van der Waals surface area (Å²) < 4.78 is 40.3. The molecule has 0 atom stereocenters. The van der Waals surface area contributed by atoms with Gasteiger partial charge in [0, 0.05) is 38.3 Å². The number of rotatable bonds is 6. The maximum atomic E-state index is 13.2. The van der Waals surface area contributed by atoms with Crippen LogP contribution in [0.25, 0.3) is 6.08 Å². The van der Waals surface area contributed by atoms with E-state index in [0.717, 1.165) is 18.9 Å². The lowest BCUT2D eigenvalue weighted by atomic mass is 10.1. The monoisotopic (exact) mass is 491 g/mol. The van der Waals surface area contributed by atoms with Crippen LogP contribution in [-0.4, -0.2) is 62.3 Å². The lowest BCUT2D eigenvalue weighted by Crippen LogP contribution is -2.50. The fourth-order valence-corrected chi connectivity index (χ4v) is 5.04. The van der Waals surface area contributed by atoms with Gasteiger partial charge in [-0.25, -0.2) is 17.5 Å². The number of benzene rings is 2. The lowest BCUT2D eigenvalue weighted by Gasteiger charge is -2.34. The second-order valence-electron chi connectivity index (χ2n) is 8.04. The van der Waals surface area contributed by atoms with Crippen molar-refractivity contribution in [2.45, 2.75) is 23.8 Å². The van der Waals surface area contributed by atoms with E-state index in [-0.39, 0.29) is 33.3 Å².